The van der Waals surface area contributed by atoms with Crippen molar-refractivity contribution in [3.63, 3.8) is 0 Å². The second kappa shape index (κ2) is 7.73. The van der Waals surface area contributed by atoms with Crippen LogP contribution in [-0.2, 0) is 16.1 Å². The molecule has 2 rings (SSSR count). The van der Waals surface area contributed by atoms with Crippen LogP contribution in [0.2, 0.25) is 0 Å². The number of rotatable bonds is 6. The highest BCUT2D eigenvalue weighted by molar-refractivity contribution is 5.97. The van der Waals surface area contributed by atoms with Crippen molar-refractivity contribution < 1.29 is 27.5 Å². The first kappa shape index (κ1) is 19.0. The molecule has 0 saturated heterocycles. The normalized spacial score (nSPS) is 18.0. The van der Waals surface area contributed by atoms with Crippen molar-refractivity contribution in [3.8, 4) is 5.75 Å². The fraction of sp³-hybridized carbons (Fsp3) is 0.500. The van der Waals surface area contributed by atoms with E-state index in [0.29, 0.717) is 24.3 Å². The SMILES string of the molecule is CCCC(NCc1ccc2c(c1)NC(=O)C(C)O2)NC(=O)C(F)(F)F. The Balaban J connectivity index is 2.00. The van der Waals surface area contributed by atoms with Gasteiger partial charge in [-0.2, -0.15) is 13.2 Å². The topological polar surface area (TPSA) is 79.5 Å². The van der Waals surface area contributed by atoms with Crippen molar-refractivity contribution in [3.05, 3.63) is 23.8 Å². The number of hydrogen-bond acceptors (Lipinski definition) is 4. The van der Waals surface area contributed by atoms with E-state index in [9.17, 15) is 22.8 Å². The first-order chi connectivity index (χ1) is 11.7. The molecule has 1 heterocycles. The van der Waals surface area contributed by atoms with Crippen molar-refractivity contribution in [2.75, 3.05) is 5.32 Å². The molecule has 25 heavy (non-hydrogen) atoms. The maximum Gasteiger partial charge on any atom is 0.471 e. The standard InChI is InChI=1S/C16H20F3N3O3/c1-3-4-13(22-15(24)16(17,18)19)20-8-10-5-6-12-11(7-10)21-14(23)9(2)25-12/h5-7,9,13,20H,3-4,8H2,1-2H3,(H,21,23)(H,22,24). The Labute approximate surface area is 143 Å². The third-order valence-corrected chi connectivity index (χ3v) is 3.67. The fourth-order valence-electron chi connectivity index (χ4n) is 2.36. The molecule has 2 unspecified atom stereocenters. The predicted octanol–water partition coefficient (Wildman–Crippen LogP) is 2.30. The molecule has 1 aromatic rings. The smallest absolute Gasteiger partial charge is 0.471 e. The van der Waals surface area contributed by atoms with Gasteiger partial charge in [0, 0.05) is 6.54 Å². The molecule has 0 fully saturated rings. The van der Waals surface area contributed by atoms with Gasteiger partial charge in [0.1, 0.15) is 5.75 Å². The van der Waals surface area contributed by atoms with Crippen LogP contribution in [0.4, 0.5) is 18.9 Å². The van der Waals surface area contributed by atoms with Gasteiger partial charge < -0.3 is 15.4 Å². The van der Waals surface area contributed by atoms with Crippen molar-refractivity contribution >= 4 is 17.5 Å². The lowest BCUT2D eigenvalue weighted by atomic mass is 10.1. The highest BCUT2D eigenvalue weighted by Gasteiger charge is 2.39. The summed E-state index contributed by atoms with van der Waals surface area (Å²) in [5, 5.41) is 7.52. The van der Waals surface area contributed by atoms with E-state index >= 15 is 0 Å². The van der Waals surface area contributed by atoms with Crippen LogP contribution >= 0.6 is 0 Å². The minimum atomic E-state index is -4.92. The van der Waals surface area contributed by atoms with Gasteiger partial charge in [-0.15, -0.1) is 0 Å². The molecule has 2 amide bonds. The van der Waals surface area contributed by atoms with Crippen LogP contribution in [0.15, 0.2) is 18.2 Å². The van der Waals surface area contributed by atoms with Crippen molar-refractivity contribution in [2.45, 2.75) is 51.7 Å². The summed E-state index contributed by atoms with van der Waals surface area (Å²) in [5.41, 5.74) is 1.24. The molecule has 0 spiro atoms. The average molecular weight is 359 g/mol. The summed E-state index contributed by atoms with van der Waals surface area (Å²) < 4.78 is 42.6. The zero-order valence-corrected chi connectivity index (χ0v) is 13.9. The van der Waals surface area contributed by atoms with E-state index in [1.807, 2.05) is 5.32 Å². The zero-order chi connectivity index (χ0) is 18.6. The summed E-state index contributed by atoms with van der Waals surface area (Å²) >= 11 is 0. The second-order valence-electron chi connectivity index (χ2n) is 5.77. The van der Waals surface area contributed by atoms with Crippen molar-refractivity contribution in [1.82, 2.24) is 10.6 Å². The summed E-state index contributed by atoms with van der Waals surface area (Å²) in [4.78, 5) is 22.7. The highest BCUT2D eigenvalue weighted by Crippen LogP contribution is 2.30. The van der Waals surface area contributed by atoms with E-state index in [2.05, 4.69) is 10.6 Å². The molecule has 0 saturated carbocycles. The van der Waals surface area contributed by atoms with Crippen LogP contribution in [0, 0.1) is 0 Å². The number of ether oxygens (including phenoxy) is 1. The van der Waals surface area contributed by atoms with Gasteiger partial charge in [-0.05, 0) is 31.0 Å². The number of alkyl halides is 3. The van der Waals surface area contributed by atoms with Crippen LogP contribution in [-0.4, -0.2) is 30.3 Å². The molecular weight excluding hydrogens is 339 g/mol. The molecule has 9 heteroatoms. The minimum Gasteiger partial charge on any atom is -0.479 e. The molecule has 0 radical (unpaired) electrons. The number of hydrogen-bond donors (Lipinski definition) is 3. The van der Waals surface area contributed by atoms with Crippen LogP contribution in [0.25, 0.3) is 0 Å². The summed E-state index contributed by atoms with van der Waals surface area (Å²) in [6, 6.07) is 5.11. The largest absolute Gasteiger partial charge is 0.479 e. The van der Waals surface area contributed by atoms with Gasteiger partial charge >= 0.3 is 12.1 Å². The Bertz CT molecular complexity index is 649. The molecule has 138 valence electrons. The van der Waals surface area contributed by atoms with Crippen LogP contribution in [0.3, 0.4) is 0 Å². The molecule has 0 aromatic heterocycles. The molecule has 1 aliphatic rings. The van der Waals surface area contributed by atoms with Gasteiger partial charge in [0.05, 0.1) is 11.9 Å². The average Bonchev–Trinajstić information content (AvgIpc) is 2.53. The van der Waals surface area contributed by atoms with Gasteiger partial charge in [-0.3, -0.25) is 14.9 Å². The third-order valence-electron chi connectivity index (χ3n) is 3.67. The lowest BCUT2D eigenvalue weighted by Crippen LogP contribution is -2.49. The Morgan fingerprint density at radius 2 is 2.12 bits per heavy atom. The van der Waals surface area contributed by atoms with Gasteiger partial charge in [0.2, 0.25) is 0 Å². The van der Waals surface area contributed by atoms with E-state index in [0.717, 1.165) is 5.56 Å². The Hall–Kier alpha value is -2.29. The molecule has 6 nitrogen and oxygen atoms in total. The highest BCUT2D eigenvalue weighted by atomic mass is 19.4. The van der Waals surface area contributed by atoms with E-state index in [4.69, 9.17) is 4.74 Å². The van der Waals surface area contributed by atoms with Crippen LogP contribution < -0.4 is 20.7 Å². The second-order valence-corrected chi connectivity index (χ2v) is 5.77. The number of amides is 2. The first-order valence-corrected chi connectivity index (χ1v) is 7.92. The molecule has 2 atom stereocenters. The summed E-state index contributed by atoms with van der Waals surface area (Å²) in [6.45, 7) is 3.66. The number of nitrogens with one attached hydrogen (secondary N) is 3. The van der Waals surface area contributed by atoms with Crippen molar-refractivity contribution in [1.29, 1.82) is 0 Å². The van der Waals surface area contributed by atoms with E-state index in [1.165, 1.54) is 0 Å². The molecular formula is C16H20F3N3O3. The quantitative estimate of drug-likeness (QED) is 0.681. The van der Waals surface area contributed by atoms with Gasteiger partial charge in [0.15, 0.2) is 6.10 Å². The zero-order valence-electron chi connectivity index (χ0n) is 13.9. The summed E-state index contributed by atoms with van der Waals surface area (Å²) in [5.74, 6) is -1.70. The van der Waals surface area contributed by atoms with Crippen molar-refractivity contribution in [2.24, 2.45) is 0 Å². The molecule has 1 aromatic carbocycles. The lowest BCUT2D eigenvalue weighted by Gasteiger charge is -2.24. The molecule has 0 bridgehead atoms. The first-order valence-electron chi connectivity index (χ1n) is 7.92. The maximum absolute atomic E-state index is 12.4. The number of anilines is 1. The minimum absolute atomic E-state index is 0.224. The number of halogens is 3. The number of fused-ring (bicyclic) bond motifs is 1. The monoisotopic (exact) mass is 359 g/mol. The predicted molar refractivity (Wildman–Crippen MR) is 84.9 cm³/mol. The fourth-order valence-corrected chi connectivity index (χ4v) is 2.36. The molecule has 0 aliphatic carbocycles. The van der Waals surface area contributed by atoms with Crippen LogP contribution in [0.1, 0.15) is 32.3 Å². The number of carbonyl (C=O) groups is 2. The molecule has 3 N–H and O–H groups in total. The van der Waals surface area contributed by atoms with E-state index < -0.39 is 24.4 Å². The Kier molecular flexibility index (Phi) is 5.89. The van der Waals surface area contributed by atoms with Gasteiger partial charge in [-0.1, -0.05) is 19.4 Å². The Morgan fingerprint density at radius 3 is 2.76 bits per heavy atom. The lowest BCUT2D eigenvalue weighted by molar-refractivity contribution is -0.174. The number of benzene rings is 1. The van der Waals surface area contributed by atoms with Gasteiger partial charge in [0.25, 0.3) is 5.91 Å². The van der Waals surface area contributed by atoms with Gasteiger partial charge in [-0.25, -0.2) is 0 Å². The van der Waals surface area contributed by atoms with E-state index in [1.54, 1.807) is 32.0 Å². The molecule has 1 aliphatic heterocycles. The summed E-state index contributed by atoms with van der Waals surface area (Å²) in [7, 11) is 0. The Morgan fingerprint density at radius 1 is 1.40 bits per heavy atom. The van der Waals surface area contributed by atoms with E-state index in [-0.39, 0.29) is 12.5 Å². The third kappa shape index (κ3) is 5.09. The number of carbonyl (C=O) groups excluding carboxylic acids is 2. The maximum atomic E-state index is 12.4. The summed E-state index contributed by atoms with van der Waals surface area (Å²) in [6.07, 6.45) is -5.35. The van der Waals surface area contributed by atoms with Crippen LogP contribution in [0.5, 0.6) is 5.75 Å².